The van der Waals surface area contributed by atoms with Crippen LogP contribution in [-0.4, -0.2) is 11.0 Å². The van der Waals surface area contributed by atoms with Crippen LogP contribution in [0.2, 0.25) is 0 Å². The number of carbonyl (C=O) groups excluding carboxylic acids is 1. The molecule has 0 aliphatic carbocycles. The van der Waals surface area contributed by atoms with E-state index in [9.17, 15) is 4.79 Å². The van der Waals surface area contributed by atoms with Gasteiger partial charge in [0.2, 0.25) is 0 Å². The van der Waals surface area contributed by atoms with Gasteiger partial charge in [-0.05, 0) is 36.2 Å². The molecule has 0 radical (unpaired) electrons. The number of nitrogens with one attached hydrogen (secondary N) is 2. The van der Waals surface area contributed by atoms with Crippen molar-refractivity contribution in [1.29, 1.82) is 0 Å². The fourth-order valence-corrected chi connectivity index (χ4v) is 2.43. The molecule has 3 rings (SSSR count). The number of anilines is 2. The van der Waals surface area contributed by atoms with E-state index in [0.29, 0.717) is 5.57 Å². The number of amides is 1. The van der Waals surface area contributed by atoms with Crippen LogP contribution in [0.5, 0.6) is 0 Å². The smallest absolute Gasteiger partial charge is 0.257 e. The van der Waals surface area contributed by atoms with Gasteiger partial charge < -0.3 is 15.7 Å². The van der Waals surface area contributed by atoms with Crippen LogP contribution < -0.4 is 10.6 Å². The van der Waals surface area contributed by atoms with Crippen molar-refractivity contribution >= 4 is 22.9 Å². The zero-order valence-electron chi connectivity index (χ0n) is 11.7. The van der Waals surface area contributed by atoms with Crippen molar-refractivity contribution in [3.63, 3.8) is 0 Å². The monoisotopic (exact) mass is 280 g/mol. The SMILES string of the molecule is Cc1cccc2c1C(=CNc1ccc(CO)cc1)C(=O)N2. The van der Waals surface area contributed by atoms with E-state index < -0.39 is 0 Å². The Bertz CT molecular complexity index is 718. The molecule has 1 heterocycles. The highest BCUT2D eigenvalue weighted by atomic mass is 16.3. The summed E-state index contributed by atoms with van der Waals surface area (Å²) in [5.74, 6) is -0.0984. The van der Waals surface area contributed by atoms with E-state index in [1.807, 2.05) is 49.4 Å². The Labute approximate surface area is 123 Å². The van der Waals surface area contributed by atoms with Gasteiger partial charge in [0.25, 0.3) is 5.91 Å². The third kappa shape index (κ3) is 2.53. The van der Waals surface area contributed by atoms with Gasteiger partial charge >= 0.3 is 0 Å². The van der Waals surface area contributed by atoms with Crippen molar-refractivity contribution in [2.24, 2.45) is 0 Å². The van der Waals surface area contributed by atoms with E-state index in [1.54, 1.807) is 6.20 Å². The van der Waals surface area contributed by atoms with Crippen molar-refractivity contribution in [2.45, 2.75) is 13.5 Å². The molecule has 1 aliphatic heterocycles. The second kappa shape index (κ2) is 5.42. The van der Waals surface area contributed by atoms with Gasteiger partial charge in [0.15, 0.2) is 0 Å². The highest BCUT2D eigenvalue weighted by molar-refractivity contribution is 6.32. The lowest BCUT2D eigenvalue weighted by Gasteiger charge is -2.05. The minimum atomic E-state index is -0.0984. The number of rotatable bonds is 3. The van der Waals surface area contributed by atoms with E-state index in [1.165, 1.54) is 0 Å². The van der Waals surface area contributed by atoms with Gasteiger partial charge in [0.05, 0.1) is 12.2 Å². The van der Waals surface area contributed by atoms with Gasteiger partial charge in [0, 0.05) is 23.1 Å². The average molecular weight is 280 g/mol. The summed E-state index contributed by atoms with van der Waals surface area (Å²) in [6, 6.07) is 13.2. The lowest BCUT2D eigenvalue weighted by atomic mass is 10.0. The van der Waals surface area contributed by atoms with Gasteiger partial charge in [-0.2, -0.15) is 0 Å². The minimum absolute atomic E-state index is 0.0242. The molecule has 1 amide bonds. The predicted molar refractivity (Wildman–Crippen MR) is 83.8 cm³/mol. The first-order chi connectivity index (χ1) is 10.2. The molecule has 0 spiro atoms. The van der Waals surface area contributed by atoms with E-state index in [4.69, 9.17) is 5.11 Å². The van der Waals surface area contributed by atoms with Gasteiger partial charge in [-0.15, -0.1) is 0 Å². The number of carbonyl (C=O) groups is 1. The Morgan fingerprint density at radius 3 is 2.67 bits per heavy atom. The first kappa shape index (κ1) is 13.4. The first-order valence-electron chi connectivity index (χ1n) is 6.77. The van der Waals surface area contributed by atoms with Crippen molar-refractivity contribution < 1.29 is 9.90 Å². The fraction of sp³-hybridized carbons (Fsp3) is 0.118. The van der Waals surface area contributed by atoms with E-state index in [2.05, 4.69) is 10.6 Å². The molecule has 4 nitrogen and oxygen atoms in total. The summed E-state index contributed by atoms with van der Waals surface area (Å²) < 4.78 is 0. The molecular formula is C17H16N2O2. The molecule has 0 fully saturated rings. The number of hydrogen-bond acceptors (Lipinski definition) is 3. The Balaban J connectivity index is 1.88. The van der Waals surface area contributed by atoms with Crippen LogP contribution in [0.4, 0.5) is 11.4 Å². The van der Waals surface area contributed by atoms with Crippen LogP contribution in [0.25, 0.3) is 5.57 Å². The van der Waals surface area contributed by atoms with Crippen molar-refractivity contribution in [3.05, 3.63) is 65.4 Å². The van der Waals surface area contributed by atoms with Crippen LogP contribution in [-0.2, 0) is 11.4 Å². The molecule has 1 aliphatic rings. The Morgan fingerprint density at radius 1 is 1.19 bits per heavy atom. The molecule has 106 valence electrons. The van der Waals surface area contributed by atoms with Crippen LogP contribution in [0.15, 0.2) is 48.7 Å². The van der Waals surface area contributed by atoms with Crippen LogP contribution >= 0.6 is 0 Å². The molecule has 0 saturated carbocycles. The predicted octanol–water partition coefficient (Wildman–Crippen LogP) is 2.89. The topological polar surface area (TPSA) is 61.4 Å². The lowest BCUT2D eigenvalue weighted by Crippen LogP contribution is -2.05. The van der Waals surface area contributed by atoms with Crippen LogP contribution in [0, 0.1) is 6.92 Å². The highest BCUT2D eigenvalue weighted by Gasteiger charge is 2.25. The van der Waals surface area contributed by atoms with Crippen LogP contribution in [0.3, 0.4) is 0 Å². The van der Waals surface area contributed by atoms with E-state index in [-0.39, 0.29) is 12.5 Å². The number of aliphatic hydroxyl groups excluding tert-OH is 1. The molecule has 0 unspecified atom stereocenters. The quantitative estimate of drug-likeness (QED) is 0.758. The summed E-state index contributed by atoms with van der Waals surface area (Å²) in [5.41, 5.74) is 5.22. The van der Waals surface area contributed by atoms with Gasteiger partial charge in [-0.3, -0.25) is 4.79 Å². The Morgan fingerprint density at radius 2 is 1.95 bits per heavy atom. The molecule has 0 bridgehead atoms. The van der Waals surface area contributed by atoms with Gasteiger partial charge in [0.1, 0.15) is 0 Å². The number of fused-ring (bicyclic) bond motifs is 1. The molecule has 21 heavy (non-hydrogen) atoms. The maximum atomic E-state index is 12.1. The average Bonchev–Trinajstić information content (AvgIpc) is 2.82. The second-order valence-electron chi connectivity index (χ2n) is 5.01. The summed E-state index contributed by atoms with van der Waals surface area (Å²) in [7, 11) is 0. The first-order valence-corrected chi connectivity index (χ1v) is 6.77. The maximum absolute atomic E-state index is 12.1. The summed E-state index contributed by atoms with van der Waals surface area (Å²) in [6.45, 7) is 2.01. The fourth-order valence-electron chi connectivity index (χ4n) is 2.43. The third-order valence-corrected chi connectivity index (χ3v) is 3.55. The summed E-state index contributed by atoms with van der Waals surface area (Å²) in [5, 5.41) is 15.0. The molecule has 0 saturated heterocycles. The van der Waals surface area contributed by atoms with Gasteiger partial charge in [-0.1, -0.05) is 24.3 Å². The van der Waals surface area contributed by atoms with Crippen molar-refractivity contribution in [2.75, 3.05) is 10.6 Å². The minimum Gasteiger partial charge on any atom is -0.392 e. The Kier molecular flexibility index (Phi) is 3.46. The Hall–Kier alpha value is -2.59. The number of aryl methyl sites for hydroxylation is 1. The molecule has 0 atom stereocenters. The second-order valence-corrected chi connectivity index (χ2v) is 5.01. The third-order valence-electron chi connectivity index (χ3n) is 3.55. The molecule has 3 N–H and O–H groups in total. The normalized spacial score (nSPS) is 15.0. The zero-order chi connectivity index (χ0) is 14.8. The summed E-state index contributed by atoms with van der Waals surface area (Å²) in [6.07, 6.45) is 1.72. The maximum Gasteiger partial charge on any atom is 0.257 e. The number of aliphatic hydroxyl groups is 1. The molecule has 0 aromatic heterocycles. The molecule has 2 aromatic rings. The summed E-state index contributed by atoms with van der Waals surface area (Å²) >= 11 is 0. The van der Waals surface area contributed by atoms with Crippen LogP contribution in [0.1, 0.15) is 16.7 Å². The lowest BCUT2D eigenvalue weighted by molar-refractivity contribution is -0.110. The van der Waals surface area contributed by atoms with Crippen molar-refractivity contribution in [3.8, 4) is 0 Å². The molecule has 2 aromatic carbocycles. The standard InChI is InChI=1S/C17H16N2O2/c1-11-3-2-4-15-16(11)14(17(21)19-15)9-18-13-7-5-12(10-20)6-8-13/h2-9,18,20H,10H2,1H3,(H,19,21). The van der Waals surface area contributed by atoms with Crippen molar-refractivity contribution in [1.82, 2.24) is 0 Å². The number of benzene rings is 2. The number of hydrogen-bond donors (Lipinski definition) is 3. The highest BCUT2D eigenvalue weighted by Crippen LogP contribution is 2.34. The van der Waals surface area contributed by atoms with E-state index >= 15 is 0 Å². The largest absolute Gasteiger partial charge is 0.392 e. The van der Waals surface area contributed by atoms with Gasteiger partial charge in [-0.25, -0.2) is 0 Å². The zero-order valence-corrected chi connectivity index (χ0v) is 11.7. The summed E-state index contributed by atoms with van der Waals surface area (Å²) in [4.78, 5) is 12.1. The molecule has 4 heteroatoms. The molecular weight excluding hydrogens is 264 g/mol. The van der Waals surface area contributed by atoms with E-state index in [0.717, 1.165) is 28.1 Å².